The fourth-order valence-electron chi connectivity index (χ4n) is 4.98. The lowest BCUT2D eigenvalue weighted by molar-refractivity contribution is -0.124. The third kappa shape index (κ3) is 7.17. The Morgan fingerprint density at radius 1 is 1.07 bits per heavy atom. The molecular weight excluding hydrogens is 526 g/mol. The summed E-state index contributed by atoms with van der Waals surface area (Å²) >= 11 is 0. The van der Waals surface area contributed by atoms with Crippen LogP contribution >= 0.6 is 0 Å². The number of ether oxygens (including phenoxy) is 1. The molecule has 8 nitrogen and oxygen atoms in total. The Morgan fingerprint density at radius 2 is 1.82 bits per heavy atom. The number of carbonyl (C=O) groups excluding carboxylic acids is 1. The second kappa shape index (κ2) is 13.2. The number of rotatable bonds is 12. The Hall–Kier alpha value is -3.50. The van der Waals surface area contributed by atoms with Crippen molar-refractivity contribution in [3.63, 3.8) is 0 Å². The summed E-state index contributed by atoms with van der Waals surface area (Å²) in [5.41, 5.74) is 6.67. The van der Waals surface area contributed by atoms with Crippen molar-refractivity contribution < 1.29 is 23.2 Å². The van der Waals surface area contributed by atoms with Crippen LogP contribution in [0.25, 0.3) is 6.08 Å². The molecule has 9 heteroatoms. The first-order valence-electron chi connectivity index (χ1n) is 13.4. The Labute approximate surface area is 236 Å². The van der Waals surface area contributed by atoms with Gasteiger partial charge in [-0.25, -0.2) is 13.9 Å². The third-order valence-electron chi connectivity index (χ3n) is 7.20. The minimum Gasteiger partial charge on any atom is -0.492 e. The Balaban J connectivity index is 1.62. The SMILES string of the molecule is Cc1ccccc1CCN(C1CCc2cc(/C=C/C(=O)NO)ccc21)S(=O)(=O)c1ccc(OCCN(C)C)cc1. The Kier molecular flexibility index (Phi) is 9.76. The number of hydrogen-bond donors (Lipinski definition) is 2. The maximum absolute atomic E-state index is 14.1. The van der Waals surface area contributed by atoms with Gasteiger partial charge in [0.1, 0.15) is 12.4 Å². The number of amides is 1. The first kappa shape index (κ1) is 29.5. The van der Waals surface area contributed by atoms with E-state index < -0.39 is 15.9 Å². The highest BCUT2D eigenvalue weighted by atomic mass is 32.2. The van der Waals surface area contributed by atoms with E-state index >= 15 is 0 Å². The molecule has 0 fully saturated rings. The number of likely N-dealkylation sites (N-methyl/N-ethyl adjacent to an activating group) is 1. The highest BCUT2D eigenvalue weighted by Gasteiger charge is 2.36. The minimum absolute atomic E-state index is 0.236. The molecule has 0 bridgehead atoms. The van der Waals surface area contributed by atoms with Crippen LogP contribution in [0.4, 0.5) is 0 Å². The molecule has 2 N–H and O–H groups in total. The van der Waals surface area contributed by atoms with Crippen LogP contribution in [-0.4, -0.2) is 62.5 Å². The molecule has 40 heavy (non-hydrogen) atoms. The number of hydroxylamine groups is 1. The van der Waals surface area contributed by atoms with Crippen LogP contribution in [0.3, 0.4) is 0 Å². The zero-order valence-corrected chi connectivity index (χ0v) is 24.0. The van der Waals surface area contributed by atoms with Gasteiger partial charge in [-0.1, -0.05) is 42.5 Å². The summed E-state index contributed by atoms with van der Waals surface area (Å²) in [6, 6.07) is 20.2. The quantitative estimate of drug-likeness (QED) is 0.193. The molecule has 3 aromatic carbocycles. The highest BCUT2D eigenvalue weighted by Crippen LogP contribution is 2.39. The first-order chi connectivity index (χ1) is 19.2. The third-order valence-corrected chi connectivity index (χ3v) is 9.12. The Bertz CT molecular complexity index is 1450. The number of nitrogens with one attached hydrogen (secondary N) is 1. The second-order valence-corrected chi connectivity index (χ2v) is 12.1. The lowest BCUT2D eigenvalue weighted by atomic mass is 10.0. The van der Waals surface area contributed by atoms with Crippen molar-refractivity contribution in [2.75, 3.05) is 33.8 Å². The molecule has 1 amide bonds. The normalized spacial score (nSPS) is 15.1. The van der Waals surface area contributed by atoms with E-state index in [2.05, 4.69) is 0 Å². The second-order valence-electron chi connectivity index (χ2n) is 10.2. The summed E-state index contributed by atoms with van der Waals surface area (Å²) in [6.07, 6.45) is 4.86. The molecule has 1 atom stereocenters. The van der Waals surface area contributed by atoms with Gasteiger partial charge >= 0.3 is 0 Å². The van der Waals surface area contributed by atoms with Crippen LogP contribution in [0.15, 0.2) is 77.7 Å². The summed E-state index contributed by atoms with van der Waals surface area (Å²) in [6.45, 7) is 3.67. The van der Waals surface area contributed by atoms with Gasteiger partial charge in [0, 0.05) is 19.2 Å². The van der Waals surface area contributed by atoms with Crippen LogP contribution < -0.4 is 10.2 Å². The maximum atomic E-state index is 14.1. The van der Waals surface area contributed by atoms with Gasteiger partial charge in [-0.05, 0) is 98.4 Å². The van der Waals surface area contributed by atoms with E-state index in [-0.39, 0.29) is 10.9 Å². The van der Waals surface area contributed by atoms with Crippen molar-refractivity contribution in [3.8, 4) is 5.75 Å². The number of carbonyl (C=O) groups is 1. The lowest BCUT2D eigenvalue weighted by Gasteiger charge is -2.29. The average molecular weight is 564 g/mol. The number of fused-ring (bicyclic) bond motifs is 1. The molecule has 212 valence electrons. The molecule has 0 aliphatic heterocycles. The Morgan fingerprint density at radius 3 is 2.52 bits per heavy atom. The van der Waals surface area contributed by atoms with Crippen LogP contribution in [0.5, 0.6) is 5.75 Å². The van der Waals surface area contributed by atoms with E-state index in [1.807, 2.05) is 68.4 Å². The number of nitrogens with zero attached hydrogens (tertiary/aromatic N) is 2. The molecule has 0 saturated carbocycles. The van der Waals surface area contributed by atoms with Crippen molar-refractivity contribution in [2.45, 2.75) is 37.1 Å². The largest absolute Gasteiger partial charge is 0.492 e. The van der Waals surface area contributed by atoms with Crippen molar-refractivity contribution >= 4 is 22.0 Å². The number of benzene rings is 3. The van der Waals surface area contributed by atoms with Crippen molar-refractivity contribution in [3.05, 3.63) is 101 Å². The summed E-state index contributed by atoms with van der Waals surface area (Å²) in [4.78, 5) is 13.6. The van der Waals surface area contributed by atoms with E-state index in [0.717, 1.165) is 40.8 Å². The fraction of sp³-hybridized carbons (Fsp3) is 0.323. The number of aryl methyl sites for hydroxylation is 2. The van der Waals surface area contributed by atoms with Crippen LogP contribution in [-0.2, 0) is 27.7 Å². The summed E-state index contributed by atoms with van der Waals surface area (Å²) in [7, 11) is 0.121. The summed E-state index contributed by atoms with van der Waals surface area (Å²) in [5, 5.41) is 8.73. The maximum Gasteiger partial charge on any atom is 0.267 e. The van der Waals surface area contributed by atoms with Gasteiger partial charge in [-0.15, -0.1) is 0 Å². The zero-order chi connectivity index (χ0) is 28.7. The van der Waals surface area contributed by atoms with Crippen LogP contribution in [0.2, 0.25) is 0 Å². The zero-order valence-electron chi connectivity index (χ0n) is 23.2. The molecule has 0 aromatic heterocycles. The molecule has 0 spiro atoms. The van der Waals surface area contributed by atoms with Gasteiger partial charge in [-0.3, -0.25) is 10.0 Å². The molecule has 1 aliphatic rings. The van der Waals surface area contributed by atoms with Gasteiger partial charge in [0.25, 0.3) is 5.91 Å². The lowest BCUT2D eigenvalue weighted by Crippen LogP contribution is -2.36. The molecular formula is C31H37N3O5S. The van der Waals surface area contributed by atoms with Crippen molar-refractivity contribution in [1.82, 2.24) is 14.7 Å². The van der Waals surface area contributed by atoms with Gasteiger partial charge in [0.2, 0.25) is 10.0 Å². The van der Waals surface area contributed by atoms with Crippen molar-refractivity contribution in [1.29, 1.82) is 0 Å². The summed E-state index contributed by atoms with van der Waals surface area (Å²) < 4.78 is 35.7. The van der Waals surface area contributed by atoms with E-state index in [0.29, 0.717) is 31.7 Å². The van der Waals surface area contributed by atoms with Crippen LogP contribution in [0, 0.1) is 6.92 Å². The monoisotopic (exact) mass is 563 g/mol. The number of hydrogen-bond acceptors (Lipinski definition) is 6. The van der Waals surface area contributed by atoms with Gasteiger partial charge in [0.05, 0.1) is 10.9 Å². The smallest absolute Gasteiger partial charge is 0.267 e. The van der Waals surface area contributed by atoms with E-state index in [4.69, 9.17) is 9.94 Å². The standard InChI is InChI=1S/C31H37N3O5S/c1-23-6-4-5-7-25(23)18-19-34(40(37,38)28-13-11-27(12-14-28)39-21-20-33(2)3)30-16-10-26-22-24(8-15-29(26)30)9-17-31(35)32-36/h4-9,11-15,17,22,30,36H,10,16,18-21H2,1-3H3,(H,32,35)/b17-9+. The fourth-order valence-corrected chi connectivity index (χ4v) is 6.62. The molecule has 1 aliphatic carbocycles. The molecule has 0 radical (unpaired) electrons. The van der Waals surface area contributed by atoms with Crippen LogP contribution in [0.1, 0.15) is 40.3 Å². The highest BCUT2D eigenvalue weighted by molar-refractivity contribution is 7.89. The molecule has 4 rings (SSSR count). The molecule has 3 aromatic rings. The predicted molar refractivity (Wildman–Crippen MR) is 156 cm³/mol. The molecule has 0 saturated heterocycles. The predicted octanol–water partition coefficient (Wildman–Crippen LogP) is 4.37. The number of sulfonamides is 1. The first-order valence-corrected chi connectivity index (χ1v) is 14.8. The van der Waals surface area contributed by atoms with E-state index in [9.17, 15) is 13.2 Å². The summed E-state index contributed by atoms with van der Waals surface area (Å²) in [5.74, 6) is 0.0231. The van der Waals surface area contributed by atoms with Gasteiger partial charge in [-0.2, -0.15) is 4.31 Å². The van der Waals surface area contributed by atoms with Gasteiger partial charge in [0.15, 0.2) is 0 Å². The van der Waals surface area contributed by atoms with E-state index in [1.54, 1.807) is 40.1 Å². The minimum atomic E-state index is -3.82. The average Bonchev–Trinajstić information content (AvgIpc) is 3.35. The topological polar surface area (TPSA) is 99.2 Å². The van der Waals surface area contributed by atoms with Gasteiger partial charge < -0.3 is 9.64 Å². The van der Waals surface area contributed by atoms with E-state index in [1.165, 1.54) is 6.08 Å². The van der Waals surface area contributed by atoms with Crippen molar-refractivity contribution in [2.24, 2.45) is 0 Å². The molecule has 0 heterocycles. The molecule has 1 unspecified atom stereocenters.